The highest BCUT2D eigenvalue weighted by molar-refractivity contribution is 7.15. The van der Waals surface area contributed by atoms with E-state index in [1.54, 1.807) is 4.90 Å². The molecule has 8 heteroatoms. The number of carbonyl (C=O) groups is 2. The van der Waals surface area contributed by atoms with Gasteiger partial charge < -0.3 is 15.0 Å². The largest absolute Gasteiger partial charge is 0.492 e. The van der Waals surface area contributed by atoms with E-state index in [9.17, 15) is 9.59 Å². The van der Waals surface area contributed by atoms with Crippen molar-refractivity contribution in [3.63, 3.8) is 0 Å². The molecule has 2 heterocycles. The summed E-state index contributed by atoms with van der Waals surface area (Å²) in [6.45, 7) is 4.72. The zero-order valence-electron chi connectivity index (χ0n) is 14.2. The highest BCUT2D eigenvalue weighted by Gasteiger charge is 2.36. The summed E-state index contributed by atoms with van der Waals surface area (Å²) in [6.07, 6.45) is 0.948. The summed E-state index contributed by atoms with van der Waals surface area (Å²) in [4.78, 5) is 26.5. The second kappa shape index (κ2) is 7.60. The number of hydrogen-bond acceptors (Lipinski definition) is 6. The van der Waals surface area contributed by atoms with E-state index in [-0.39, 0.29) is 18.2 Å². The van der Waals surface area contributed by atoms with Crippen molar-refractivity contribution < 1.29 is 14.3 Å². The molecule has 0 saturated carbocycles. The monoisotopic (exact) mass is 360 g/mol. The summed E-state index contributed by atoms with van der Waals surface area (Å²) in [6, 6.07) is 7.38. The Morgan fingerprint density at radius 1 is 1.36 bits per heavy atom. The Kier molecular flexibility index (Phi) is 5.28. The van der Waals surface area contributed by atoms with Gasteiger partial charge in [-0.1, -0.05) is 30.4 Å². The number of aryl methyl sites for hydroxylation is 1. The van der Waals surface area contributed by atoms with Gasteiger partial charge in [0.15, 0.2) is 0 Å². The van der Waals surface area contributed by atoms with E-state index in [4.69, 9.17) is 4.74 Å². The first-order chi connectivity index (χ1) is 12.1. The number of carbonyl (C=O) groups excluding carboxylic acids is 2. The number of anilines is 2. The second-order valence-corrected chi connectivity index (χ2v) is 6.71. The zero-order chi connectivity index (χ0) is 17.8. The highest BCUT2D eigenvalue weighted by atomic mass is 32.1. The molecule has 1 fully saturated rings. The van der Waals surface area contributed by atoms with Crippen molar-refractivity contribution in [1.82, 2.24) is 10.2 Å². The fraction of sp³-hybridized carbons (Fsp3) is 0.412. The molecule has 7 nitrogen and oxygen atoms in total. The van der Waals surface area contributed by atoms with E-state index in [1.165, 1.54) is 11.3 Å². The lowest BCUT2D eigenvalue weighted by Crippen LogP contribution is -2.28. The Bertz CT molecular complexity index is 777. The number of hydrogen-bond donors (Lipinski definition) is 1. The molecule has 0 aliphatic carbocycles. The van der Waals surface area contributed by atoms with Gasteiger partial charge in [0.25, 0.3) is 0 Å². The van der Waals surface area contributed by atoms with Gasteiger partial charge in [0.2, 0.25) is 16.9 Å². The summed E-state index contributed by atoms with van der Waals surface area (Å²) in [5.41, 5.74) is 0.703. The van der Waals surface area contributed by atoms with Gasteiger partial charge in [0.1, 0.15) is 10.8 Å². The van der Waals surface area contributed by atoms with Crippen LogP contribution in [0.1, 0.15) is 25.3 Å². The van der Waals surface area contributed by atoms with Crippen LogP contribution < -0.4 is 15.0 Å². The molecule has 1 atom stereocenters. The van der Waals surface area contributed by atoms with E-state index in [2.05, 4.69) is 15.5 Å². The molecule has 25 heavy (non-hydrogen) atoms. The van der Waals surface area contributed by atoms with E-state index >= 15 is 0 Å². The Morgan fingerprint density at radius 2 is 2.16 bits per heavy atom. The Labute approximate surface area is 150 Å². The molecular weight excluding hydrogens is 340 g/mol. The van der Waals surface area contributed by atoms with Crippen LogP contribution in [0.15, 0.2) is 24.3 Å². The van der Waals surface area contributed by atoms with Crippen LogP contribution in [0.25, 0.3) is 0 Å². The fourth-order valence-electron chi connectivity index (χ4n) is 2.73. The standard InChI is InChI=1S/C17H20N4O3S/c1-3-14-19-20-17(25-14)18-16(23)11-9-15(22)21(10-11)12-7-5-6-8-13(12)24-4-2/h5-8,11H,3-4,9-10H2,1-2H3,(H,18,20,23)/t11-/m0/s1. The van der Waals surface area contributed by atoms with Crippen LogP contribution in [0.3, 0.4) is 0 Å². The van der Waals surface area contributed by atoms with Crippen molar-refractivity contribution in [2.75, 3.05) is 23.4 Å². The number of benzene rings is 1. The molecule has 0 radical (unpaired) electrons. The maximum Gasteiger partial charge on any atom is 0.231 e. The minimum atomic E-state index is -0.420. The van der Waals surface area contributed by atoms with Crippen LogP contribution in [0.5, 0.6) is 5.75 Å². The van der Waals surface area contributed by atoms with Gasteiger partial charge in [0, 0.05) is 13.0 Å². The highest BCUT2D eigenvalue weighted by Crippen LogP contribution is 2.33. The first kappa shape index (κ1) is 17.3. The summed E-state index contributed by atoms with van der Waals surface area (Å²) in [5.74, 6) is -0.0605. The lowest BCUT2D eigenvalue weighted by atomic mass is 10.1. The third-order valence-corrected chi connectivity index (χ3v) is 4.93. The molecule has 1 saturated heterocycles. The molecule has 132 valence electrons. The summed E-state index contributed by atoms with van der Waals surface area (Å²) >= 11 is 1.35. The topological polar surface area (TPSA) is 84.4 Å². The Balaban J connectivity index is 1.70. The van der Waals surface area contributed by atoms with Crippen molar-refractivity contribution in [3.8, 4) is 5.75 Å². The number of amides is 2. The molecule has 2 aromatic rings. The molecular formula is C17H20N4O3S. The maximum atomic E-state index is 12.5. The number of aromatic nitrogens is 2. The normalized spacial score (nSPS) is 17.0. The molecule has 1 aromatic carbocycles. The van der Waals surface area contributed by atoms with Gasteiger partial charge in [-0.3, -0.25) is 9.59 Å². The van der Waals surface area contributed by atoms with Crippen molar-refractivity contribution >= 4 is 34.0 Å². The van der Waals surface area contributed by atoms with Crippen LogP contribution in [-0.2, 0) is 16.0 Å². The molecule has 2 amide bonds. The van der Waals surface area contributed by atoms with E-state index < -0.39 is 5.92 Å². The number of nitrogens with one attached hydrogen (secondary N) is 1. The van der Waals surface area contributed by atoms with Crippen LogP contribution in [0.2, 0.25) is 0 Å². The predicted molar refractivity (Wildman–Crippen MR) is 96.0 cm³/mol. The van der Waals surface area contributed by atoms with Crippen LogP contribution in [0, 0.1) is 5.92 Å². The minimum absolute atomic E-state index is 0.0844. The summed E-state index contributed by atoms with van der Waals surface area (Å²) < 4.78 is 5.59. The lowest BCUT2D eigenvalue weighted by Gasteiger charge is -2.20. The van der Waals surface area contributed by atoms with Gasteiger partial charge >= 0.3 is 0 Å². The first-order valence-electron chi connectivity index (χ1n) is 8.27. The predicted octanol–water partition coefficient (Wildman–Crippen LogP) is 2.49. The Hall–Kier alpha value is -2.48. The van der Waals surface area contributed by atoms with Gasteiger partial charge in [-0.05, 0) is 25.5 Å². The van der Waals surface area contributed by atoms with Crippen LogP contribution >= 0.6 is 11.3 Å². The van der Waals surface area contributed by atoms with Gasteiger partial charge in [-0.25, -0.2) is 0 Å². The average Bonchev–Trinajstić information content (AvgIpc) is 3.22. The average molecular weight is 360 g/mol. The molecule has 0 unspecified atom stereocenters. The summed E-state index contributed by atoms with van der Waals surface area (Å²) in [5, 5.41) is 12.0. The lowest BCUT2D eigenvalue weighted by molar-refractivity contribution is -0.122. The quantitative estimate of drug-likeness (QED) is 0.855. The molecule has 3 rings (SSSR count). The third-order valence-electron chi connectivity index (χ3n) is 3.95. The van der Waals surface area contributed by atoms with Crippen molar-refractivity contribution in [3.05, 3.63) is 29.3 Å². The smallest absolute Gasteiger partial charge is 0.231 e. The van der Waals surface area contributed by atoms with Crippen LogP contribution in [0.4, 0.5) is 10.8 Å². The molecule has 1 aliphatic rings. The third kappa shape index (κ3) is 3.79. The number of para-hydroxylation sites is 2. The molecule has 1 aromatic heterocycles. The van der Waals surface area contributed by atoms with E-state index in [1.807, 2.05) is 38.1 Å². The van der Waals surface area contributed by atoms with Crippen molar-refractivity contribution in [1.29, 1.82) is 0 Å². The van der Waals surface area contributed by atoms with E-state index in [0.29, 0.717) is 29.7 Å². The SMILES string of the molecule is CCOc1ccccc1N1C[C@@H](C(=O)Nc2nnc(CC)s2)CC1=O. The van der Waals surface area contributed by atoms with Gasteiger partial charge in [-0.2, -0.15) is 0 Å². The second-order valence-electron chi connectivity index (χ2n) is 5.65. The maximum absolute atomic E-state index is 12.5. The Morgan fingerprint density at radius 3 is 2.88 bits per heavy atom. The molecule has 0 spiro atoms. The molecule has 1 N–H and O–H groups in total. The van der Waals surface area contributed by atoms with Crippen LogP contribution in [-0.4, -0.2) is 35.2 Å². The first-order valence-corrected chi connectivity index (χ1v) is 9.09. The number of ether oxygens (including phenoxy) is 1. The minimum Gasteiger partial charge on any atom is -0.492 e. The number of nitrogens with zero attached hydrogens (tertiary/aromatic N) is 3. The van der Waals surface area contributed by atoms with Gasteiger partial charge in [0.05, 0.1) is 18.2 Å². The number of rotatable bonds is 6. The zero-order valence-corrected chi connectivity index (χ0v) is 15.0. The van der Waals surface area contributed by atoms with Crippen molar-refractivity contribution in [2.24, 2.45) is 5.92 Å². The molecule has 1 aliphatic heterocycles. The van der Waals surface area contributed by atoms with E-state index in [0.717, 1.165) is 11.4 Å². The summed E-state index contributed by atoms with van der Waals surface area (Å²) in [7, 11) is 0. The van der Waals surface area contributed by atoms with Crippen molar-refractivity contribution in [2.45, 2.75) is 26.7 Å². The van der Waals surface area contributed by atoms with Gasteiger partial charge in [-0.15, -0.1) is 10.2 Å². The fourth-order valence-corrected chi connectivity index (χ4v) is 3.41. The molecule has 0 bridgehead atoms.